The van der Waals surface area contributed by atoms with E-state index in [0.717, 1.165) is 24.2 Å². The standard InChI is InChI=1S/C15H14FN5O/c16-13-7-12(20-3-5-22-6-4-20)1-2-14(13)21-15-11(9-19-21)8-17-10-18-15/h1-2,7-10H,3-6H2. The highest BCUT2D eigenvalue weighted by Crippen LogP contribution is 2.23. The molecule has 0 N–H and O–H groups in total. The summed E-state index contributed by atoms with van der Waals surface area (Å²) in [4.78, 5) is 10.2. The van der Waals surface area contributed by atoms with E-state index in [0.29, 0.717) is 24.5 Å². The van der Waals surface area contributed by atoms with Gasteiger partial charge in [0.1, 0.15) is 12.0 Å². The van der Waals surface area contributed by atoms with Crippen LogP contribution < -0.4 is 4.90 Å². The fourth-order valence-corrected chi connectivity index (χ4v) is 2.64. The summed E-state index contributed by atoms with van der Waals surface area (Å²) in [7, 11) is 0. The van der Waals surface area contributed by atoms with Crippen molar-refractivity contribution in [3.63, 3.8) is 0 Å². The summed E-state index contributed by atoms with van der Waals surface area (Å²) in [5, 5.41) is 4.99. The Morgan fingerprint density at radius 1 is 1.14 bits per heavy atom. The van der Waals surface area contributed by atoms with E-state index in [1.165, 1.54) is 17.1 Å². The number of morpholine rings is 1. The van der Waals surface area contributed by atoms with Gasteiger partial charge >= 0.3 is 0 Å². The van der Waals surface area contributed by atoms with E-state index in [1.807, 2.05) is 6.07 Å². The van der Waals surface area contributed by atoms with Crippen molar-refractivity contribution in [3.8, 4) is 5.69 Å². The van der Waals surface area contributed by atoms with Crippen LogP contribution in [0.5, 0.6) is 0 Å². The summed E-state index contributed by atoms with van der Waals surface area (Å²) in [5.74, 6) is -0.326. The molecule has 3 aromatic rings. The maximum Gasteiger partial charge on any atom is 0.166 e. The molecular formula is C15H14FN5O. The van der Waals surface area contributed by atoms with Gasteiger partial charge in [0.15, 0.2) is 11.5 Å². The zero-order valence-corrected chi connectivity index (χ0v) is 11.8. The topological polar surface area (TPSA) is 56.1 Å². The van der Waals surface area contributed by atoms with Gasteiger partial charge in [-0.25, -0.2) is 19.0 Å². The zero-order chi connectivity index (χ0) is 14.9. The number of fused-ring (bicyclic) bond motifs is 1. The molecule has 2 aromatic heterocycles. The van der Waals surface area contributed by atoms with E-state index in [4.69, 9.17) is 4.74 Å². The molecule has 0 saturated carbocycles. The van der Waals surface area contributed by atoms with Crippen LogP contribution in [0.1, 0.15) is 0 Å². The normalized spacial score (nSPS) is 15.4. The van der Waals surface area contributed by atoms with Crippen molar-refractivity contribution in [2.75, 3.05) is 31.2 Å². The van der Waals surface area contributed by atoms with Crippen LogP contribution in [0.25, 0.3) is 16.7 Å². The molecule has 1 aromatic carbocycles. The lowest BCUT2D eigenvalue weighted by Gasteiger charge is -2.29. The van der Waals surface area contributed by atoms with E-state index in [9.17, 15) is 4.39 Å². The molecule has 3 heterocycles. The number of anilines is 1. The Kier molecular flexibility index (Phi) is 3.19. The van der Waals surface area contributed by atoms with E-state index < -0.39 is 0 Å². The second-order valence-corrected chi connectivity index (χ2v) is 5.09. The molecule has 1 fully saturated rings. The van der Waals surface area contributed by atoms with Crippen molar-refractivity contribution in [3.05, 3.63) is 42.7 Å². The van der Waals surface area contributed by atoms with E-state index in [1.54, 1.807) is 18.5 Å². The molecule has 4 rings (SSSR count). The maximum atomic E-state index is 14.5. The predicted molar refractivity (Wildman–Crippen MR) is 79.7 cm³/mol. The molecule has 1 saturated heterocycles. The number of hydrogen-bond acceptors (Lipinski definition) is 5. The van der Waals surface area contributed by atoms with Crippen LogP contribution >= 0.6 is 0 Å². The van der Waals surface area contributed by atoms with Crippen LogP contribution in [0.15, 0.2) is 36.9 Å². The molecule has 6 nitrogen and oxygen atoms in total. The Hall–Kier alpha value is -2.54. The number of hydrogen-bond donors (Lipinski definition) is 0. The molecule has 0 aliphatic carbocycles. The lowest BCUT2D eigenvalue weighted by Crippen LogP contribution is -2.36. The largest absolute Gasteiger partial charge is 0.378 e. The molecule has 1 aliphatic heterocycles. The van der Waals surface area contributed by atoms with E-state index in [2.05, 4.69) is 20.0 Å². The van der Waals surface area contributed by atoms with E-state index >= 15 is 0 Å². The monoisotopic (exact) mass is 299 g/mol. The SMILES string of the molecule is Fc1cc(N2CCOCC2)ccc1-n1ncc2cncnc21. The van der Waals surface area contributed by atoms with Gasteiger partial charge < -0.3 is 9.64 Å². The van der Waals surface area contributed by atoms with Crippen molar-refractivity contribution in [2.24, 2.45) is 0 Å². The summed E-state index contributed by atoms with van der Waals surface area (Å²) >= 11 is 0. The molecular weight excluding hydrogens is 285 g/mol. The number of rotatable bonds is 2. The molecule has 0 radical (unpaired) electrons. The summed E-state index contributed by atoms with van der Waals surface area (Å²) in [6.45, 7) is 2.89. The van der Waals surface area contributed by atoms with Gasteiger partial charge in [-0.1, -0.05) is 0 Å². The second-order valence-electron chi connectivity index (χ2n) is 5.09. The lowest BCUT2D eigenvalue weighted by molar-refractivity contribution is 0.122. The van der Waals surface area contributed by atoms with Crippen molar-refractivity contribution >= 4 is 16.7 Å². The maximum absolute atomic E-state index is 14.5. The van der Waals surface area contributed by atoms with Crippen LogP contribution in [0.3, 0.4) is 0 Å². The number of ether oxygens (including phenoxy) is 1. The van der Waals surface area contributed by atoms with Gasteiger partial charge in [0.05, 0.1) is 24.8 Å². The molecule has 0 atom stereocenters. The molecule has 0 unspecified atom stereocenters. The molecule has 1 aliphatic rings. The fraction of sp³-hybridized carbons (Fsp3) is 0.267. The van der Waals surface area contributed by atoms with Gasteiger partial charge in [-0.15, -0.1) is 0 Å². The molecule has 22 heavy (non-hydrogen) atoms. The highest BCUT2D eigenvalue weighted by Gasteiger charge is 2.15. The van der Waals surface area contributed by atoms with Gasteiger partial charge in [-0.05, 0) is 18.2 Å². The van der Waals surface area contributed by atoms with Gasteiger partial charge in [0.25, 0.3) is 0 Å². The smallest absolute Gasteiger partial charge is 0.166 e. The number of aromatic nitrogens is 4. The Balaban J connectivity index is 1.73. The average Bonchev–Trinajstić information content (AvgIpc) is 2.99. The first-order valence-corrected chi connectivity index (χ1v) is 7.09. The number of benzene rings is 1. The third-order valence-corrected chi connectivity index (χ3v) is 3.77. The molecule has 112 valence electrons. The van der Waals surface area contributed by atoms with E-state index in [-0.39, 0.29) is 5.82 Å². The lowest BCUT2D eigenvalue weighted by atomic mass is 10.2. The first kappa shape index (κ1) is 13.1. The first-order valence-electron chi connectivity index (χ1n) is 7.09. The zero-order valence-electron chi connectivity index (χ0n) is 11.8. The highest BCUT2D eigenvalue weighted by atomic mass is 19.1. The Labute approximate surface area is 126 Å². The van der Waals surface area contributed by atoms with Crippen molar-refractivity contribution in [1.29, 1.82) is 0 Å². The van der Waals surface area contributed by atoms with Crippen molar-refractivity contribution < 1.29 is 9.13 Å². The first-order chi connectivity index (χ1) is 10.8. The molecule has 0 spiro atoms. The van der Waals surface area contributed by atoms with Crippen LogP contribution in [0.2, 0.25) is 0 Å². The summed E-state index contributed by atoms with van der Waals surface area (Å²) in [6.07, 6.45) is 4.72. The number of nitrogens with zero attached hydrogens (tertiary/aromatic N) is 5. The summed E-state index contributed by atoms with van der Waals surface area (Å²) in [5.41, 5.74) is 1.83. The minimum Gasteiger partial charge on any atom is -0.378 e. The predicted octanol–water partition coefficient (Wildman–Crippen LogP) is 1.79. The third kappa shape index (κ3) is 2.19. The quantitative estimate of drug-likeness (QED) is 0.722. The third-order valence-electron chi connectivity index (χ3n) is 3.77. The van der Waals surface area contributed by atoms with Crippen LogP contribution in [-0.2, 0) is 4.74 Å². The van der Waals surface area contributed by atoms with Gasteiger partial charge in [-0.3, -0.25) is 0 Å². The summed E-state index contributed by atoms with van der Waals surface area (Å²) < 4.78 is 21.3. The van der Waals surface area contributed by atoms with Crippen LogP contribution in [-0.4, -0.2) is 46.1 Å². The van der Waals surface area contributed by atoms with Gasteiger partial charge in [0.2, 0.25) is 0 Å². The molecule has 0 bridgehead atoms. The fourth-order valence-electron chi connectivity index (χ4n) is 2.64. The van der Waals surface area contributed by atoms with Crippen molar-refractivity contribution in [2.45, 2.75) is 0 Å². The Bertz CT molecular complexity index is 813. The molecule has 7 heteroatoms. The Morgan fingerprint density at radius 3 is 2.82 bits per heavy atom. The van der Waals surface area contributed by atoms with Crippen LogP contribution in [0, 0.1) is 5.82 Å². The number of halogens is 1. The Morgan fingerprint density at radius 2 is 2.00 bits per heavy atom. The summed E-state index contributed by atoms with van der Waals surface area (Å²) in [6, 6.07) is 5.17. The second kappa shape index (κ2) is 5.34. The molecule has 0 amide bonds. The van der Waals surface area contributed by atoms with Gasteiger partial charge in [-0.2, -0.15) is 5.10 Å². The highest BCUT2D eigenvalue weighted by molar-refractivity contribution is 5.75. The van der Waals surface area contributed by atoms with Crippen molar-refractivity contribution in [1.82, 2.24) is 19.7 Å². The minimum absolute atomic E-state index is 0.326. The van der Waals surface area contributed by atoms with Crippen LogP contribution in [0.4, 0.5) is 10.1 Å². The van der Waals surface area contributed by atoms with Gasteiger partial charge in [0, 0.05) is 25.0 Å². The average molecular weight is 299 g/mol. The minimum atomic E-state index is -0.326.